The Kier molecular flexibility index (Phi) is 3.13. The molecule has 0 aliphatic heterocycles. The zero-order chi connectivity index (χ0) is 13.1. The zero-order valence-corrected chi connectivity index (χ0v) is 9.54. The Hall–Kier alpha value is -2.57. The lowest BCUT2D eigenvalue weighted by molar-refractivity contribution is 0.0520. The van der Waals surface area contributed by atoms with Gasteiger partial charge in [0.25, 0.3) is 0 Å². The molecule has 0 aliphatic rings. The molecule has 1 heterocycles. The molecule has 0 unspecified atom stereocenters. The number of hydrogen-bond acceptors (Lipinski definition) is 6. The molecule has 0 amide bonds. The third kappa shape index (κ3) is 1.97. The van der Waals surface area contributed by atoms with Crippen molar-refractivity contribution >= 4 is 5.97 Å². The quantitative estimate of drug-likeness (QED) is 0.554. The molecule has 0 radical (unpaired) electrons. The number of carbonyl (C=O) groups is 1. The van der Waals surface area contributed by atoms with Gasteiger partial charge >= 0.3 is 5.97 Å². The van der Waals surface area contributed by atoms with Gasteiger partial charge in [0.15, 0.2) is 17.2 Å². The van der Waals surface area contributed by atoms with E-state index in [4.69, 9.17) is 4.74 Å². The maximum atomic E-state index is 11.6. The van der Waals surface area contributed by atoms with Gasteiger partial charge in [-0.2, -0.15) is 10.3 Å². The predicted molar refractivity (Wildman–Crippen MR) is 61.1 cm³/mol. The molecule has 3 N–H and O–H groups in total. The average Bonchev–Trinajstić information content (AvgIpc) is 2.82. The molecule has 0 bridgehead atoms. The van der Waals surface area contributed by atoms with Crippen LogP contribution in [0.2, 0.25) is 0 Å². The third-order valence-electron chi connectivity index (χ3n) is 2.29. The highest BCUT2D eigenvalue weighted by atomic mass is 16.5. The highest BCUT2D eigenvalue weighted by Gasteiger charge is 2.22. The summed E-state index contributed by atoms with van der Waals surface area (Å²) in [6.07, 6.45) is 0. The Morgan fingerprint density at radius 2 is 2.17 bits per heavy atom. The van der Waals surface area contributed by atoms with Gasteiger partial charge in [-0.3, -0.25) is 0 Å². The van der Waals surface area contributed by atoms with E-state index in [1.54, 1.807) is 6.92 Å². The fourth-order valence-corrected chi connectivity index (χ4v) is 1.48. The summed E-state index contributed by atoms with van der Waals surface area (Å²) in [5.41, 5.74) is 0.284. The Labute approximate surface area is 102 Å². The van der Waals surface area contributed by atoms with Gasteiger partial charge in [-0.05, 0) is 19.1 Å². The van der Waals surface area contributed by atoms with Crippen LogP contribution in [0.4, 0.5) is 0 Å². The number of para-hydroxylation sites is 1. The van der Waals surface area contributed by atoms with E-state index in [1.165, 1.54) is 18.2 Å². The number of ether oxygens (including phenoxy) is 1. The van der Waals surface area contributed by atoms with Crippen molar-refractivity contribution in [1.82, 2.24) is 15.4 Å². The first-order chi connectivity index (χ1) is 8.65. The van der Waals surface area contributed by atoms with Gasteiger partial charge < -0.3 is 14.9 Å². The Bertz CT molecular complexity index is 579. The van der Waals surface area contributed by atoms with E-state index in [2.05, 4.69) is 15.4 Å². The van der Waals surface area contributed by atoms with Crippen molar-refractivity contribution in [3.8, 4) is 22.8 Å². The van der Waals surface area contributed by atoms with Crippen LogP contribution in [0.25, 0.3) is 11.3 Å². The highest BCUT2D eigenvalue weighted by Crippen LogP contribution is 2.36. The minimum absolute atomic E-state index is 0.0437. The number of hydrogen-bond donors (Lipinski definition) is 3. The van der Waals surface area contributed by atoms with Crippen molar-refractivity contribution in [2.24, 2.45) is 0 Å². The topological polar surface area (TPSA) is 108 Å². The number of carbonyl (C=O) groups excluding carboxylic acids is 1. The van der Waals surface area contributed by atoms with Crippen LogP contribution < -0.4 is 0 Å². The summed E-state index contributed by atoms with van der Waals surface area (Å²) in [4.78, 5) is 11.6. The van der Waals surface area contributed by atoms with Crippen molar-refractivity contribution in [3.63, 3.8) is 0 Å². The van der Waals surface area contributed by atoms with E-state index < -0.39 is 5.97 Å². The minimum atomic E-state index is -0.649. The number of H-pyrrole nitrogens is 1. The maximum absolute atomic E-state index is 11.6. The SMILES string of the molecule is CCOC(=O)c1n[nH]nc1-c1cccc(O)c1O. The molecule has 94 valence electrons. The smallest absolute Gasteiger partial charge is 0.361 e. The summed E-state index contributed by atoms with van der Waals surface area (Å²) < 4.78 is 4.81. The van der Waals surface area contributed by atoms with Crippen molar-refractivity contribution in [1.29, 1.82) is 0 Å². The van der Waals surface area contributed by atoms with Crippen molar-refractivity contribution in [2.75, 3.05) is 6.61 Å². The Morgan fingerprint density at radius 3 is 2.89 bits per heavy atom. The number of aromatic nitrogens is 3. The normalized spacial score (nSPS) is 10.3. The lowest BCUT2D eigenvalue weighted by Crippen LogP contribution is -2.06. The van der Waals surface area contributed by atoms with Crippen molar-refractivity contribution in [2.45, 2.75) is 6.92 Å². The van der Waals surface area contributed by atoms with Crippen molar-refractivity contribution in [3.05, 3.63) is 23.9 Å². The van der Waals surface area contributed by atoms with Gasteiger partial charge in [0, 0.05) is 0 Å². The monoisotopic (exact) mass is 249 g/mol. The predicted octanol–water partition coefficient (Wildman–Crippen LogP) is 1.06. The zero-order valence-electron chi connectivity index (χ0n) is 9.54. The molecule has 0 aliphatic carbocycles. The summed E-state index contributed by atoms with van der Waals surface area (Å²) in [6.45, 7) is 1.88. The standard InChI is InChI=1S/C11H11N3O4/c1-2-18-11(17)9-8(12-14-13-9)6-4-3-5-7(15)10(6)16/h3-5,15-16H,2H2,1H3,(H,12,13,14). The number of aromatic amines is 1. The van der Waals surface area contributed by atoms with Crippen LogP contribution in [-0.2, 0) is 4.74 Å². The van der Waals surface area contributed by atoms with Crippen molar-refractivity contribution < 1.29 is 19.7 Å². The largest absolute Gasteiger partial charge is 0.504 e. The second-order valence-corrected chi connectivity index (χ2v) is 3.41. The lowest BCUT2D eigenvalue weighted by Gasteiger charge is -2.04. The van der Waals surface area contributed by atoms with Crippen LogP contribution in [-0.4, -0.2) is 38.2 Å². The van der Waals surface area contributed by atoms with Crippen LogP contribution in [0, 0.1) is 0 Å². The number of nitrogens with one attached hydrogen (secondary N) is 1. The summed E-state index contributed by atoms with van der Waals surface area (Å²) in [6, 6.07) is 4.35. The van der Waals surface area contributed by atoms with Gasteiger partial charge in [-0.25, -0.2) is 4.79 Å². The van der Waals surface area contributed by atoms with Crippen LogP contribution in [0.3, 0.4) is 0 Å². The van der Waals surface area contributed by atoms with Gasteiger partial charge in [-0.15, -0.1) is 5.10 Å². The number of benzene rings is 1. The average molecular weight is 249 g/mol. The molecule has 7 heteroatoms. The van der Waals surface area contributed by atoms with E-state index in [0.717, 1.165) is 0 Å². The first-order valence-corrected chi connectivity index (χ1v) is 5.24. The van der Waals surface area contributed by atoms with E-state index >= 15 is 0 Å². The molecule has 1 aromatic carbocycles. The van der Waals surface area contributed by atoms with E-state index in [0.29, 0.717) is 0 Å². The molecule has 0 saturated heterocycles. The molecule has 0 atom stereocenters. The number of esters is 1. The lowest BCUT2D eigenvalue weighted by atomic mass is 10.1. The maximum Gasteiger partial charge on any atom is 0.361 e. The summed E-state index contributed by atoms with van der Waals surface area (Å²) in [5.74, 6) is -1.31. The van der Waals surface area contributed by atoms with Crippen LogP contribution >= 0.6 is 0 Å². The highest BCUT2D eigenvalue weighted by molar-refractivity contribution is 5.95. The van der Waals surface area contributed by atoms with Gasteiger partial charge in [0.1, 0.15) is 5.69 Å². The molecule has 7 nitrogen and oxygen atoms in total. The summed E-state index contributed by atoms with van der Waals surface area (Å²) >= 11 is 0. The van der Waals surface area contributed by atoms with Crippen LogP contribution in [0.5, 0.6) is 11.5 Å². The van der Waals surface area contributed by atoms with Crippen LogP contribution in [0.15, 0.2) is 18.2 Å². The van der Waals surface area contributed by atoms with Gasteiger partial charge in [0.05, 0.1) is 12.2 Å². The molecular formula is C11H11N3O4. The minimum Gasteiger partial charge on any atom is -0.504 e. The number of phenols is 2. The molecule has 18 heavy (non-hydrogen) atoms. The van der Waals surface area contributed by atoms with E-state index in [1.807, 2.05) is 0 Å². The van der Waals surface area contributed by atoms with E-state index in [-0.39, 0.29) is 35.1 Å². The fraction of sp³-hybridized carbons (Fsp3) is 0.182. The Morgan fingerprint density at radius 1 is 1.39 bits per heavy atom. The molecule has 2 rings (SSSR count). The van der Waals surface area contributed by atoms with Gasteiger partial charge in [0.2, 0.25) is 0 Å². The Balaban J connectivity index is 2.49. The first-order valence-electron chi connectivity index (χ1n) is 5.24. The summed E-state index contributed by atoms with van der Waals surface area (Å²) in [7, 11) is 0. The summed E-state index contributed by atoms with van der Waals surface area (Å²) in [5, 5.41) is 28.9. The molecule has 1 aromatic heterocycles. The second kappa shape index (κ2) is 4.74. The number of rotatable bonds is 3. The molecular weight excluding hydrogens is 238 g/mol. The first kappa shape index (κ1) is 11.9. The fourth-order valence-electron chi connectivity index (χ4n) is 1.48. The van der Waals surface area contributed by atoms with Crippen LogP contribution in [0.1, 0.15) is 17.4 Å². The molecule has 2 aromatic rings. The van der Waals surface area contributed by atoms with Gasteiger partial charge in [-0.1, -0.05) is 6.07 Å². The van der Waals surface area contributed by atoms with E-state index in [9.17, 15) is 15.0 Å². The molecule has 0 saturated carbocycles. The number of aromatic hydroxyl groups is 2. The number of phenolic OH excluding ortho intramolecular Hbond substituents is 2. The second-order valence-electron chi connectivity index (χ2n) is 3.41. The number of nitrogens with zero attached hydrogens (tertiary/aromatic N) is 2. The molecule has 0 spiro atoms. The third-order valence-corrected chi connectivity index (χ3v) is 2.29. The molecule has 0 fully saturated rings.